The lowest BCUT2D eigenvalue weighted by molar-refractivity contribution is -0.134. The topological polar surface area (TPSA) is 71.5 Å². The Morgan fingerprint density at radius 3 is 2.52 bits per heavy atom. The summed E-state index contributed by atoms with van der Waals surface area (Å²) in [5.41, 5.74) is 1.83. The number of carbonyl (C=O) groups excluding carboxylic acids is 2. The lowest BCUT2D eigenvalue weighted by Crippen LogP contribution is -2.41. The Balaban J connectivity index is 1.43. The van der Waals surface area contributed by atoms with Crippen molar-refractivity contribution in [3.8, 4) is 5.88 Å². The molecule has 27 heavy (non-hydrogen) atoms. The van der Waals surface area contributed by atoms with Gasteiger partial charge in [-0.1, -0.05) is 30.3 Å². The second kappa shape index (κ2) is 9.16. The molecule has 6 heteroatoms. The summed E-state index contributed by atoms with van der Waals surface area (Å²) in [4.78, 5) is 30.8. The Morgan fingerprint density at radius 2 is 1.89 bits per heavy atom. The molecule has 0 saturated carbocycles. The second-order valence-electron chi connectivity index (χ2n) is 6.72. The third kappa shape index (κ3) is 5.29. The Bertz CT molecular complexity index is 754. The lowest BCUT2D eigenvalue weighted by Gasteiger charge is -2.31. The number of carbonyl (C=O) groups is 2. The summed E-state index contributed by atoms with van der Waals surface area (Å²) >= 11 is 0. The Morgan fingerprint density at radius 1 is 1.15 bits per heavy atom. The molecule has 1 aliphatic heterocycles. The first-order valence-electron chi connectivity index (χ1n) is 9.28. The molecule has 0 unspecified atom stereocenters. The second-order valence-corrected chi connectivity index (χ2v) is 6.72. The molecule has 2 heterocycles. The number of nitrogens with zero attached hydrogens (tertiary/aromatic N) is 2. The van der Waals surface area contributed by atoms with E-state index in [1.807, 2.05) is 35.2 Å². The third-order valence-corrected chi connectivity index (χ3v) is 4.90. The number of hydrogen-bond donors (Lipinski definition) is 1. The summed E-state index contributed by atoms with van der Waals surface area (Å²) in [6.45, 7) is 1.26. The number of nitrogens with one attached hydrogen (secondary N) is 1. The van der Waals surface area contributed by atoms with Crippen LogP contribution >= 0.6 is 0 Å². The highest BCUT2D eigenvalue weighted by atomic mass is 16.5. The van der Waals surface area contributed by atoms with E-state index in [1.54, 1.807) is 25.4 Å². The number of benzene rings is 1. The molecule has 0 spiro atoms. The first kappa shape index (κ1) is 18.9. The molecule has 0 atom stereocenters. The number of amides is 2. The maximum absolute atomic E-state index is 12.4. The highest BCUT2D eigenvalue weighted by Crippen LogP contribution is 2.21. The number of anilines is 1. The van der Waals surface area contributed by atoms with Gasteiger partial charge in [0.05, 0.1) is 19.0 Å². The van der Waals surface area contributed by atoms with E-state index in [-0.39, 0.29) is 17.7 Å². The summed E-state index contributed by atoms with van der Waals surface area (Å²) in [7, 11) is 1.55. The van der Waals surface area contributed by atoms with Crippen molar-refractivity contribution in [1.29, 1.82) is 0 Å². The molecule has 1 fully saturated rings. The summed E-state index contributed by atoms with van der Waals surface area (Å²) in [5, 5.41) is 2.89. The number of rotatable bonds is 6. The first-order valence-corrected chi connectivity index (χ1v) is 9.28. The number of pyridine rings is 1. The van der Waals surface area contributed by atoms with E-state index in [0.29, 0.717) is 43.9 Å². The average molecular weight is 367 g/mol. The van der Waals surface area contributed by atoms with Gasteiger partial charge in [-0.3, -0.25) is 9.59 Å². The van der Waals surface area contributed by atoms with Gasteiger partial charge in [0, 0.05) is 31.5 Å². The molecule has 2 aromatic rings. The van der Waals surface area contributed by atoms with Gasteiger partial charge in [0.1, 0.15) is 0 Å². The Labute approximate surface area is 159 Å². The minimum atomic E-state index is -0.0784. The molecule has 0 bridgehead atoms. The van der Waals surface area contributed by atoms with E-state index >= 15 is 0 Å². The third-order valence-electron chi connectivity index (χ3n) is 4.90. The zero-order chi connectivity index (χ0) is 19.1. The van der Waals surface area contributed by atoms with E-state index in [2.05, 4.69) is 10.3 Å². The van der Waals surface area contributed by atoms with Gasteiger partial charge in [-0.25, -0.2) is 4.98 Å². The number of aryl methyl sites for hydroxylation is 1. The Kier molecular flexibility index (Phi) is 6.41. The van der Waals surface area contributed by atoms with Gasteiger partial charge in [-0.15, -0.1) is 0 Å². The van der Waals surface area contributed by atoms with Gasteiger partial charge >= 0.3 is 0 Å². The standard InChI is InChI=1S/C21H25N3O3/c1-27-19-9-8-18(15-22-19)23-21(26)17-11-13-24(14-12-17)20(25)10-7-16-5-3-2-4-6-16/h2-6,8-9,15,17H,7,10-14H2,1H3,(H,23,26). The molecule has 1 saturated heterocycles. The molecule has 1 aliphatic rings. The van der Waals surface area contributed by atoms with Gasteiger partial charge in [-0.05, 0) is 30.9 Å². The molecule has 1 aromatic carbocycles. The fraction of sp³-hybridized carbons (Fsp3) is 0.381. The number of methoxy groups -OCH3 is 1. The largest absolute Gasteiger partial charge is 0.481 e. The summed E-state index contributed by atoms with van der Waals surface area (Å²) in [5.74, 6) is 0.580. The van der Waals surface area contributed by atoms with Crippen LogP contribution in [0.25, 0.3) is 0 Å². The van der Waals surface area contributed by atoms with E-state index in [4.69, 9.17) is 4.74 Å². The molecule has 0 radical (unpaired) electrons. The van der Waals surface area contributed by atoms with Gasteiger partial charge in [0.2, 0.25) is 17.7 Å². The first-order chi connectivity index (χ1) is 13.2. The monoisotopic (exact) mass is 367 g/mol. The van der Waals surface area contributed by atoms with Crippen LogP contribution in [0.5, 0.6) is 5.88 Å². The van der Waals surface area contributed by atoms with E-state index in [0.717, 1.165) is 6.42 Å². The Hall–Kier alpha value is -2.89. The fourth-order valence-electron chi connectivity index (χ4n) is 3.26. The summed E-state index contributed by atoms with van der Waals surface area (Å²) in [6, 6.07) is 13.5. The van der Waals surface area contributed by atoms with Crippen molar-refractivity contribution in [3.05, 3.63) is 54.2 Å². The van der Waals surface area contributed by atoms with Crippen LogP contribution < -0.4 is 10.1 Å². The number of hydrogen-bond acceptors (Lipinski definition) is 4. The van der Waals surface area contributed by atoms with Crippen LogP contribution in [-0.4, -0.2) is 41.9 Å². The zero-order valence-corrected chi connectivity index (χ0v) is 15.6. The molecular weight excluding hydrogens is 342 g/mol. The molecular formula is C21H25N3O3. The molecule has 2 amide bonds. The van der Waals surface area contributed by atoms with Crippen LogP contribution in [0.4, 0.5) is 5.69 Å². The van der Waals surface area contributed by atoms with E-state index in [9.17, 15) is 9.59 Å². The minimum Gasteiger partial charge on any atom is -0.481 e. The quantitative estimate of drug-likeness (QED) is 0.852. The van der Waals surface area contributed by atoms with Gasteiger partial charge in [-0.2, -0.15) is 0 Å². The summed E-state index contributed by atoms with van der Waals surface area (Å²) in [6.07, 6.45) is 4.22. The van der Waals surface area contributed by atoms with Crippen molar-refractivity contribution >= 4 is 17.5 Å². The average Bonchev–Trinajstić information content (AvgIpc) is 2.73. The molecule has 6 nitrogen and oxygen atoms in total. The van der Waals surface area contributed by atoms with Gasteiger partial charge in [0.25, 0.3) is 0 Å². The molecule has 1 N–H and O–H groups in total. The van der Waals surface area contributed by atoms with Crippen molar-refractivity contribution in [2.45, 2.75) is 25.7 Å². The maximum atomic E-state index is 12.4. The van der Waals surface area contributed by atoms with Crippen LogP contribution in [0.2, 0.25) is 0 Å². The van der Waals surface area contributed by atoms with Crippen molar-refractivity contribution in [2.24, 2.45) is 5.92 Å². The van der Waals surface area contributed by atoms with Crippen molar-refractivity contribution in [1.82, 2.24) is 9.88 Å². The van der Waals surface area contributed by atoms with Crippen LogP contribution in [0.1, 0.15) is 24.8 Å². The normalized spacial score (nSPS) is 14.6. The van der Waals surface area contributed by atoms with Crippen LogP contribution in [0, 0.1) is 5.92 Å². The number of likely N-dealkylation sites (tertiary alicyclic amines) is 1. The zero-order valence-electron chi connectivity index (χ0n) is 15.6. The molecule has 142 valence electrons. The predicted octanol–water partition coefficient (Wildman–Crippen LogP) is 2.90. The molecule has 0 aliphatic carbocycles. The SMILES string of the molecule is COc1ccc(NC(=O)C2CCN(C(=O)CCc3ccccc3)CC2)cn1. The number of ether oxygens (including phenoxy) is 1. The van der Waals surface area contributed by atoms with Crippen LogP contribution in [0.15, 0.2) is 48.7 Å². The summed E-state index contributed by atoms with van der Waals surface area (Å²) < 4.78 is 5.01. The highest BCUT2D eigenvalue weighted by molar-refractivity contribution is 5.92. The van der Waals surface area contributed by atoms with Gasteiger partial charge < -0.3 is 15.0 Å². The molecule has 1 aromatic heterocycles. The smallest absolute Gasteiger partial charge is 0.227 e. The van der Waals surface area contributed by atoms with Gasteiger partial charge in [0.15, 0.2) is 0 Å². The van der Waals surface area contributed by atoms with Crippen LogP contribution in [0.3, 0.4) is 0 Å². The number of piperidine rings is 1. The predicted molar refractivity (Wildman–Crippen MR) is 103 cm³/mol. The van der Waals surface area contributed by atoms with Crippen molar-refractivity contribution in [2.75, 3.05) is 25.5 Å². The molecule has 3 rings (SSSR count). The fourth-order valence-corrected chi connectivity index (χ4v) is 3.26. The highest BCUT2D eigenvalue weighted by Gasteiger charge is 2.27. The minimum absolute atomic E-state index is 0.0154. The van der Waals surface area contributed by atoms with Crippen LogP contribution in [-0.2, 0) is 16.0 Å². The maximum Gasteiger partial charge on any atom is 0.227 e. The lowest BCUT2D eigenvalue weighted by atomic mass is 9.95. The van der Waals surface area contributed by atoms with E-state index in [1.165, 1.54) is 5.56 Å². The number of aromatic nitrogens is 1. The van der Waals surface area contributed by atoms with Crippen molar-refractivity contribution < 1.29 is 14.3 Å². The van der Waals surface area contributed by atoms with Crippen molar-refractivity contribution in [3.63, 3.8) is 0 Å². The van der Waals surface area contributed by atoms with E-state index < -0.39 is 0 Å².